The highest BCUT2D eigenvalue weighted by Crippen LogP contribution is 2.28. The highest BCUT2D eigenvalue weighted by Gasteiger charge is 2.07. The zero-order valence-corrected chi connectivity index (χ0v) is 12.0. The van der Waals surface area contributed by atoms with Crippen LogP contribution in [0.4, 0.5) is 0 Å². The summed E-state index contributed by atoms with van der Waals surface area (Å²) in [5, 5.41) is 0. The third kappa shape index (κ3) is 3.45. The molecule has 0 radical (unpaired) electrons. The molecule has 0 amide bonds. The summed E-state index contributed by atoms with van der Waals surface area (Å²) in [6.45, 7) is 3.11. The van der Waals surface area contributed by atoms with Crippen LogP contribution in [0.2, 0.25) is 0 Å². The number of benzene rings is 1. The van der Waals surface area contributed by atoms with Crippen LogP contribution in [0.25, 0.3) is 0 Å². The second-order valence-electron chi connectivity index (χ2n) is 4.15. The maximum absolute atomic E-state index is 5.80. The normalized spacial score (nSPS) is 10.5. The fourth-order valence-corrected chi connectivity index (χ4v) is 2.54. The van der Waals surface area contributed by atoms with Gasteiger partial charge >= 0.3 is 0 Å². The lowest BCUT2D eigenvalue weighted by Gasteiger charge is -2.11. The first-order chi connectivity index (χ1) is 9.24. The Morgan fingerprint density at radius 3 is 2.79 bits per heavy atom. The third-order valence-corrected chi connectivity index (χ3v) is 3.89. The van der Waals surface area contributed by atoms with E-state index in [4.69, 9.17) is 15.2 Å². The Morgan fingerprint density at radius 2 is 2.16 bits per heavy atom. The first-order valence-electron chi connectivity index (χ1n) is 6.13. The van der Waals surface area contributed by atoms with Gasteiger partial charge in [-0.25, -0.2) is 4.98 Å². The van der Waals surface area contributed by atoms with Gasteiger partial charge in [0, 0.05) is 17.8 Å². The molecule has 19 heavy (non-hydrogen) atoms. The Labute approximate surface area is 117 Å². The summed E-state index contributed by atoms with van der Waals surface area (Å²) < 4.78 is 11.1. The maximum atomic E-state index is 5.80. The highest BCUT2D eigenvalue weighted by atomic mass is 32.1. The summed E-state index contributed by atoms with van der Waals surface area (Å²) in [4.78, 5) is 5.48. The fraction of sp³-hybridized carbons (Fsp3) is 0.357. The number of aromatic nitrogens is 1. The average molecular weight is 278 g/mol. The number of ether oxygens (including phenoxy) is 2. The Hall–Kier alpha value is -1.59. The molecule has 0 unspecified atom stereocenters. The topological polar surface area (TPSA) is 57.4 Å². The predicted octanol–water partition coefficient (Wildman–Crippen LogP) is 2.54. The van der Waals surface area contributed by atoms with Crippen molar-refractivity contribution in [2.24, 2.45) is 5.73 Å². The molecular weight excluding hydrogens is 260 g/mol. The van der Waals surface area contributed by atoms with E-state index in [2.05, 4.69) is 4.98 Å². The van der Waals surface area contributed by atoms with Gasteiger partial charge in [0.05, 0.1) is 24.9 Å². The van der Waals surface area contributed by atoms with Gasteiger partial charge in [-0.3, -0.25) is 0 Å². The predicted molar refractivity (Wildman–Crippen MR) is 76.9 cm³/mol. The van der Waals surface area contributed by atoms with E-state index in [9.17, 15) is 0 Å². The van der Waals surface area contributed by atoms with E-state index in [1.165, 1.54) is 4.88 Å². The van der Waals surface area contributed by atoms with E-state index in [0.717, 1.165) is 29.2 Å². The molecule has 0 bridgehead atoms. The largest absolute Gasteiger partial charge is 0.493 e. The Bertz CT molecular complexity index is 540. The molecule has 2 rings (SSSR count). The summed E-state index contributed by atoms with van der Waals surface area (Å²) in [6.07, 6.45) is 0.854. The standard InChI is InChI=1S/C14H18N2O2S/c1-10-14(19-9-16-10)5-6-18-13-7-11(8-15)3-4-12(13)17-2/h3-4,7,9H,5-6,8,15H2,1-2H3. The van der Waals surface area contributed by atoms with Gasteiger partial charge in [0.25, 0.3) is 0 Å². The molecule has 1 heterocycles. The van der Waals surface area contributed by atoms with E-state index in [-0.39, 0.29) is 0 Å². The summed E-state index contributed by atoms with van der Waals surface area (Å²) in [6, 6.07) is 5.76. The molecule has 0 aliphatic heterocycles. The zero-order valence-electron chi connectivity index (χ0n) is 11.2. The molecule has 1 aromatic heterocycles. The molecule has 1 aromatic carbocycles. The Morgan fingerprint density at radius 1 is 1.32 bits per heavy atom. The first kappa shape index (κ1) is 13.8. The molecule has 2 aromatic rings. The van der Waals surface area contributed by atoms with E-state index < -0.39 is 0 Å². The minimum atomic E-state index is 0.494. The molecule has 0 spiro atoms. The van der Waals surface area contributed by atoms with Crippen molar-refractivity contribution in [2.45, 2.75) is 19.9 Å². The highest BCUT2D eigenvalue weighted by molar-refractivity contribution is 7.09. The van der Waals surface area contributed by atoms with Crippen LogP contribution in [0.1, 0.15) is 16.1 Å². The quantitative estimate of drug-likeness (QED) is 0.882. The number of aryl methyl sites for hydroxylation is 1. The molecule has 0 atom stereocenters. The molecule has 0 saturated heterocycles. The third-order valence-electron chi connectivity index (χ3n) is 2.90. The van der Waals surface area contributed by atoms with Crippen molar-refractivity contribution in [1.82, 2.24) is 4.98 Å². The number of nitrogens with zero attached hydrogens (tertiary/aromatic N) is 1. The minimum Gasteiger partial charge on any atom is -0.493 e. The van der Waals surface area contributed by atoms with Gasteiger partial charge < -0.3 is 15.2 Å². The molecular formula is C14H18N2O2S. The lowest BCUT2D eigenvalue weighted by atomic mass is 10.2. The smallest absolute Gasteiger partial charge is 0.161 e. The van der Waals surface area contributed by atoms with Gasteiger partial charge in [0.15, 0.2) is 11.5 Å². The minimum absolute atomic E-state index is 0.494. The van der Waals surface area contributed by atoms with Crippen LogP contribution in [0.3, 0.4) is 0 Å². The Balaban J connectivity index is 2.00. The van der Waals surface area contributed by atoms with Gasteiger partial charge in [0.2, 0.25) is 0 Å². The summed E-state index contributed by atoms with van der Waals surface area (Å²) >= 11 is 1.66. The van der Waals surface area contributed by atoms with Crippen LogP contribution < -0.4 is 15.2 Å². The van der Waals surface area contributed by atoms with Crippen LogP contribution in [0.15, 0.2) is 23.7 Å². The second kappa shape index (κ2) is 6.54. The van der Waals surface area contributed by atoms with E-state index >= 15 is 0 Å². The lowest BCUT2D eigenvalue weighted by Crippen LogP contribution is -2.04. The number of thiazole rings is 1. The maximum Gasteiger partial charge on any atom is 0.161 e. The van der Waals surface area contributed by atoms with E-state index in [1.807, 2.05) is 30.6 Å². The van der Waals surface area contributed by atoms with E-state index in [1.54, 1.807) is 18.4 Å². The average Bonchev–Trinajstić information content (AvgIpc) is 2.84. The van der Waals surface area contributed by atoms with Crippen molar-refractivity contribution < 1.29 is 9.47 Å². The van der Waals surface area contributed by atoms with Gasteiger partial charge in [-0.2, -0.15) is 0 Å². The Kier molecular flexibility index (Phi) is 4.76. The van der Waals surface area contributed by atoms with Crippen molar-refractivity contribution in [2.75, 3.05) is 13.7 Å². The van der Waals surface area contributed by atoms with Crippen molar-refractivity contribution in [1.29, 1.82) is 0 Å². The second-order valence-corrected chi connectivity index (χ2v) is 5.09. The molecule has 4 nitrogen and oxygen atoms in total. The summed E-state index contributed by atoms with van der Waals surface area (Å²) in [5.74, 6) is 1.48. The lowest BCUT2D eigenvalue weighted by molar-refractivity contribution is 0.298. The van der Waals surface area contributed by atoms with Gasteiger partial charge in [-0.15, -0.1) is 11.3 Å². The molecule has 0 aliphatic carbocycles. The number of hydrogen-bond acceptors (Lipinski definition) is 5. The molecule has 0 fully saturated rings. The summed E-state index contributed by atoms with van der Waals surface area (Å²) in [5.41, 5.74) is 9.61. The van der Waals surface area contributed by atoms with Crippen LogP contribution in [0, 0.1) is 6.92 Å². The molecule has 102 valence electrons. The van der Waals surface area contributed by atoms with Crippen LogP contribution in [0.5, 0.6) is 11.5 Å². The number of hydrogen-bond donors (Lipinski definition) is 1. The number of rotatable bonds is 6. The van der Waals surface area contributed by atoms with Crippen LogP contribution in [-0.2, 0) is 13.0 Å². The summed E-state index contributed by atoms with van der Waals surface area (Å²) in [7, 11) is 1.64. The van der Waals surface area contributed by atoms with Crippen molar-refractivity contribution in [3.63, 3.8) is 0 Å². The molecule has 5 heteroatoms. The van der Waals surface area contributed by atoms with Gasteiger partial charge in [-0.1, -0.05) is 6.07 Å². The monoisotopic (exact) mass is 278 g/mol. The SMILES string of the molecule is COc1ccc(CN)cc1OCCc1scnc1C. The van der Waals surface area contributed by atoms with Crippen LogP contribution >= 0.6 is 11.3 Å². The van der Waals surface area contributed by atoms with Crippen molar-refractivity contribution in [3.8, 4) is 11.5 Å². The molecule has 0 saturated carbocycles. The first-order valence-corrected chi connectivity index (χ1v) is 7.01. The van der Waals surface area contributed by atoms with Crippen molar-refractivity contribution in [3.05, 3.63) is 39.8 Å². The van der Waals surface area contributed by atoms with Crippen molar-refractivity contribution >= 4 is 11.3 Å². The molecule has 2 N–H and O–H groups in total. The number of nitrogens with two attached hydrogens (primary N) is 1. The van der Waals surface area contributed by atoms with Gasteiger partial charge in [0.1, 0.15) is 0 Å². The fourth-order valence-electron chi connectivity index (χ4n) is 1.78. The van der Waals surface area contributed by atoms with Crippen LogP contribution in [-0.4, -0.2) is 18.7 Å². The van der Waals surface area contributed by atoms with Gasteiger partial charge in [-0.05, 0) is 24.6 Å². The number of methoxy groups -OCH3 is 1. The van der Waals surface area contributed by atoms with E-state index in [0.29, 0.717) is 13.2 Å². The zero-order chi connectivity index (χ0) is 13.7. The molecule has 0 aliphatic rings.